The molecule has 0 aliphatic carbocycles. The molecular formula is C10H26N2Na5O11P. The minimum Gasteiger partial charge on any atom is -1.00 e. The number of carbonyl (C=O) groups is 3. The SMILES string of the molecule is O=C(O)CN(CCO)CCN(CC(=O)O)CC(=O)O.O=P(O)(O)O.[H-].[H-].[H-].[H-].[H-].[Na+].[Na+].[Na+].[Na+].[Na+]. The predicted molar refractivity (Wildman–Crippen MR) is 82.7 cm³/mol. The quantitative estimate of drug-likeness (QED) is 0.105. The normalized spacial score (nSPS) is 9.17. The summed E-state index contributed by atoms with van der Waals surface area (Å²) >= 11 is 0. The van der Waals surface area contributed by atoms with Crippen LogP contribution in [0.15, 0.2) is 0 Å². The monoisotopic (exact) mass is 496 g/mol. The summed E-state index contributed by atoms with van der Waals surface area (Å²) in [4.78, 5) is 55.8. The van der Waals surface area contributed by atoms with E-state index in [1.54, 1.807) is 0 Å². The number of aliphatic carboxylic acids is 3. The smallest absolute Gasteiger partial charge is 1.00 e. The number of carboxylic acids is 3. The van der Waals surface area contributed by atoms with E-state index >= 15 is 0 Å². The predicted octanol–water partition coefficient (Wildman–Crippen LogP) is -17.5. The molecule has 0 rings (SSSR count). The summed E-state index contributed by atoms with van der Waals surface area (Å²) in [7, 11) is -4.64. The van der Waals surface area contributed by atoms with Crippen LogP contribution < -0.4 is 148 Å². The molecule has 13 nitrogen and oxygen atoms in total. The number of hydrogen-bond acceptors (Lipinski definition) is 7. The molecule has 19 heteroatoms. The van der Waals surface area contributed by atoms with E-state index in [-0.39, 0.29) is 188 Å². The Bertz CT molecular complexity index is 468. The number of phosphoric acid groups is 1. The van der Waals surface area contributed by atoms with Gasteiger partial charge in [-0.3, -0.25) is 24.2 Å². The van der Waals surface area contributed by atoms with Crippen molar-refractivity contribution in [3.63, 3.8) is 0 Å². The van der Waals surface area contributed by atoms with Crippen LogP contribution in [0.2, 0.25) is 0 Å². The first-order valence-corrected chi connectivity index (χ1v) is 7.91. The summed E-state index contributed by atoms with van der Waals surface area (Å²) in [5.41, 5.74) is 0. The Morgan fingerprint density at radius 1 is 0.655 bits per heavy atom. The van der Waals surface area contributed by atoms with Crippen molar-refractivity contribution in [3.8, 4) is 0 Å². The Balaban J connectivity index is -0.0000000294. The molecule has 0 spiro atoms. The van der Waals surface area contributed by atoms with Crippen LogP contribution in [0.4, 0.5) is 0 Å². The second-order valence-corrected chi connectivity index (χ2v) is 5.43. The van der Waals surface area contributed by atoms with Crippen LogP contribution >= 0.6 is 7.82 Å². The minimum atomic E-state index is -4.64. The van der Waals surface area contributed by atoms with E-state index in [4.69, 9.17) is 39.7 Å². The van der Waals surface area contributed by atoms with Gasteiger partial charge in [0.05, 0.1) is 26.2 Å². The molecule has 152 valence electrons. The molecule has 0 aromatic heterocycles. The van der Waals surface area contributed by atoms with E-state index in [0.717, 1.165) is 0 Å². The summed E-state index contributed by atoms with van der Waals surface area (Å²) in [6.45, 7) is -1.03. The molecule has 0 saturated carbocycles. The van der Waals surface area contributed by atoms with Gasteiger partial charge in [0.2, 0.25) is 0 Å². The van der Waals surface area contributed by atoms with Crippen molar-refractivity contribution in [1.29, 1.82) is 0 Å². The van der Waals surface area contributed by atoms with Crippen molar-refractivity contribution < 1.29 is 209 Å². The topological polar surface area (TPSA) is 216 Å². The van der Waals surface area contributed by atoms with E-state index in [1.807, 2.05) is 0 Å². The first-order valence-electron chi connectivity index (χ1n) is 6.34. The van der Waals surface area contributed by atoms with Crippen molar-refractivity contribution >= 4 is 25.7 Å². The summed E-state index contributed by atoms with van der Waals surface area (Å²) in [5, 5.41) is 34.7. The summed E-state index contributed by atoms with van der Waals surface area (Å²) in [6, 6.07) is 0. The van der Waals surface area contributed by atoms with Crippen LogP contribution in [0, 0.1) is 0 Å². The fourth-order valence-corrected chi connectivity index (χ4v) is 1.48. The van der Waals surface area contributed by atoms with Gasteiger partial charge >= 0.3 is 174 Å². The fourth-order valence-electron chi connectivity index (χ4n) is 1.48. The molecule has 0 heterocycles. The molecule has 0 unspecified atom stereocenters. The van der Waals surface area contributed by atoms with Crippen molar-refractivity contribution in [2.75, 3.05) is 45.9 Å². The third kappa shape index (κ3) is 49.6. The van der Waals surface area contributed by atoms with Crippen LogP contribution in [-0.2, 0) is 18.9 Å². The van der Waals surface area contributed by atoms with Gasteiger partial charge in [0.1, 0.15) is 0 Å². The Kier molecular flexibility index (Phi) is 50.3. The molecule has 0 saturated heterocycles. The van der Waals surface area contributed by atoms with Crippen molar-refractivity contribution in [1.82, 2.24) is 9.80 Å². The number of nitrogens with zero attached hydrogens (tertiary/aromatic N) is 2. The molecule has 0 amide bonds. The number of carboxylic acid groups (broad SMARTS) is 3. The maximum atomic E-state index is 10.6. The molecule has 0 atom stereocenters. The van der Waals surface area contributed by atoms with Crippen LogP contribution in [-0.4, -0.2) is 109 Å². The van der Waals surface area contributed by atoms with Gasteiger partial charge in [0.15, 0.2) is 0 Å². The minimum absolute atomic E-state index is 0. The fraction of sp³-hybridized carbons (Fsp3) is 0.700. The molecule has 0 aromatic carbocycles. The first kappa shape index (κ1) is 49.5. The van der Waals surface area contributed by atoms with Gasteiger partial charge in [-0.25, -0.2) is 4.57 Å². The standard InChI is InChI=1S/C10H18N2O7.5Na.H3O4P.5H/c13-4-3-11(5-8(14)15)1-2-12(6-9(16)17)7-10(18)19;;;;;;1-5(2,3)4;;;;;/h13H,1-7H2,(H,14,15)(H,16,17)(H,18,19);;;;;;(H3,1,2,3,4);;;;;/q;5*+1;;5*-1. The van der Waals surface area contributed by atoms with Gasteiger partial charge < -0.3 is 42.2 Å². The third-order valence-corrected chi connectivity index (χ3v) is 2.23. The first-order chi connectivity index (χ1) is 10.8. The average Bonchev–Trinajstić information content (AvgIpc) is 2.31. The molecular weight excluding hydrogens is 470 g/mol. The molecule has 0 aliphatic rings. The molecule has 7 N–H and O–H groups in total. The number of aliphatic hydroxyl groups excluding tert-OH is 1. The third-order valence-electron chi connectivity index (χ3n) is 2.23. The molecule has 29 heavy (non-hydrogen) atoms. The van der Waals surface area contributed by atoms with Crippen LogP contribution in [0.1, 0.15) is 7.13 Å². The number of hydrogen-bond donors (Lipinski definition) is 7. The van der Waals surface area contributed by atoms with Crippen molar-refractivity contribution in [3.05, 3.63) is 0 Å². The van der Waals surface area contributed by atoms with Crippen LogP contribution in [0.3, 0.4) is 0 Å². The van der Waals surface area contributed by atoms with E-state index in [0.29, 0.717) is 0 Å². The summed E-state index contributed by atoms with van der Waals surface area (Å²) in [5.74, 6) is -3.39. The van der Waals surface area contributed by atoms with Gasteiger partial charge in [-0.1, -0.05) is 0 Å². The Morgan fingerprint density at radius 2 is 0.897 bits per heavy atom. The van der Waals surface area contributed by atoms with Crippen molar-refractivity contribution in [2.24, 2.45) is 0 Å². The van der Waals surface area contributed by atoms with E-state index < -0.39 is 38.8 Å². The Hall–Kier alpha value is 3.40. The van der Waals surface area contributed by atoms with E-state index in [9.17, 15) is 14.4 Å². The van der Waals surface area contributed by atoms with Gasteiger partial charge in [0.25, 0.3) is 0 Å². The van der Waals surface area contributed by atoms with Crippen LogP contribution in [0.25, 0.3) is 0 Å². The molecule has 0 bridgehead atoms. The maximum Gasteiger partial charge on any atom is 1.00 e. The van der Waals surface area contributed by atoms with Crippen LogP contribution in [0.5, 0.6) is 0 Å². The zero-order valence-corrected chi connectivity index (χ0v) is 28.4. The Morgan fingerprint density at radius 3 is 1.14 bits per heavy atom. The van der Waals surface area contributed by atoms with E-state index in [2.05, 4.69) is 0 Å². The Labute approximate surface area is 286 Å². The number of rotatable bonds is 11. The molecule has 0 fully saturated rings. The average molecular weight is 496 g/mol. The van der Waals surface area contributed by atoms with Gasteiger partial charge in [0, 0.05) is 19.6 Å². The van der Waals surface area contributed by atoms with Gasteiger partial charge in [-0.15, -0.1) is 0 Å². The van der Waals surface area contributed by atoms with Gasteiger partial charge in [-0.2, -0.15) is 0 Å². The second kappa shape index (κ2) is 29.4. The zero-order valence-electron chi connectivity index (χ0n) is 22.6. The summed E-state index contributed by atoms with van der Waals surface area (Å²) in [6.07, 6.45) is 0. The maximum absolute atomic E-state index is 10.6. The zero-order chi connectivity index (χ0) is 19.3. The number of aliphatic hydroxyl groups is 1. The molecule has 0 aromatic rings. The van der Waals surface area contributed by atoms with Gasteiger partial charge in [-0.05, 0) is 0 Å². The second-order valence-electron chi connectivity index (χ2n) is 4.40. The molecule has 0 radical (unpaired) electrons. The van der Waals surface area contributed by atoms with E-state index in [1.165, 1.54) is 9.80 Å². The largest absolute Gasteiger partial charge is 1.00 e. The molecule has 0 aliphatic heterocycles. The summed E-state index contributed by atoms with van der Waals surface area (Å²) < 4.78 is 8.88. The van der Waals surface area contributed by atoms with Crippen molar-refractivity contribution in [2.45, 2.75) is 0 Å².